The van der Waals surface area contributed by atoms with Crippen molar-refractivity contribution in [3.8, 4) is 0 Å². The largest absolute Gasteiger partial charge is 0.309 e. The van der Waals surface area contributed by atoms with Crippen molar-refractivity contribution < 1.29 is 0 Å². The fraction of sp³-hybridized carbons (Fsp3) is 0.765. The molecular weight excluding hydrogens is 218 g/mol. The van der Waals surface area contributed by atoms with Crippen molar-refractivity contribution in [3.05, 3.63) is 23.3 Å². The smallest absolute Gasteiger partial charge is 0.00220 e. The van der Waals surface area contributed by atoms with Gasteiger partial charge in [-0.1, -0.05) is 29.7 Å². The lowest BCUT2D eigenvalue weighted by Gasteiger charge is -2.36. The molecule has 1 heteroatoms. The molecular formula is C17H27N. The maximum atomic E-state index is 2.42. The summed E-state index contributed by atoms with van der Waals surface area (Å²) in [5.41, 5.74) is 3.69. The predicted octanol–water partition coefficient (Wildman–Crippen LogP) is 4.02. The van der Waals surface area contributed by atoms with Gasteiger partial charge in [0.1, 0.15) is 0 Å². The average molecular weight is 245 g/mol. The molecule has 0 aromatic rings. The lowest BCUT2D eigenvalue weighted by Crippen LogP contribution is -2.29. The van der Waals surface area contributed by atoms with Crippen molar-refractivity contribution in [1.29, 1.82) is 0 Å². The van der Waals surface area contributed by atoms with Gasteiger partial charge < -0.3 is 4.90 Å². The highest BCUT2D eigenvalue weighted by molar-refractivity contribution is 5.33. The molecule has 18 heavy (non-hydrogen) atoms. The molecule has 0 radical (unpaired) electrons. The van der Waals surface area contributed by atoms with Gasteiger partial charge in [-0.3, -0.25) is 0 Å². The lowest BCUT2D eigenvalue weighted by molar-refractivity contribution is 0.176. The van der Waals surface area contributed by atoms with Crippen LogP contribution in [0, 0.1) is 17.8 Å². The van der Waals surface area contributed by atoms with Crippen LogP contribution in [0.2, 0.25) is 0 Å². The molecule has 0 spiro atoms. The van der Waals surface area contributed by atoms with Crippen LogP contribution in [0.25, 0.3) is 0 Å². The van der Waals surface area contributed by atoms with E-state index in [-0.39, 0.29) is 0 Å². The molecule has 100 valence electrons. The highest BCUT2D eigenvalue weighted by Gasteiger charge is 2.40. The van der Waals surface area contributed by atoms with Gasteiger partial charge in [0.25, 0.3) is 0 Å². The molecule has 3 aliphatic rings. The molecule has 0 aromatic carbocycles. The summed E-state index contributed by atoms with van der Waals surface area (Å²) in [5, 5.41) is 0. The molecule has 3 aliphatic carbocycles. The lowest BCUT2D eigenvalue weighted by atomic mass is 9.69. The highest BCUT2D eigenvalue weighted by atomic mass is 15.0. The van der Waals surface area contributed by atoms with Gasteiger partial charge in [-0.15, -0.1) is 0 Å². The number of nitrogens with zero attached hydrogens (tertiary/aromatic N) is 1. The Morgan fingerprint density at radius 3 is 2.83 bits per heavy atom. The molecule has 0 saturated heterocycles. The molecule has 0 amide bonds. The third kappa shape index (κ3) is 2.30. The van der Waals surface area contributed by atoms with Crippen LogP contribution in [0.3, 0.4) is 0 Å². The first kappa shape index (κ1) is 12.5. The van der Waals surface area contributed by atoms with E-state index in [1.54, 1.807) is 0 Å². The molecule has 1 fully saturated rings. The van der Waals surface area contributed by atoms with Crippen molar-refractivity contribution in [1.82, 2.24) is 4.90 Å². The normalized spacial score (nSPS) is 34.9. The Labute approximate surface area is 112 Å². The highest BCUT2D eigenvalue weighted by Crippen LogP contribution is 2.52. The van der Waals surface area contributed by atoms with Crippen LogP contribution in [-0.4, -0.2) is 25.5 Å². The van der Waals surface area contributed by atoms with E-state index in [4.69, 9.17) is 0 Å². The minimum absolute atomic E-state index is 0.957. The van der Waals surface area contributed by atoms with Gasteiger partial charge in [0, 0.05) is 0 Å². The van der Waals surface area contributed by atoms with Crippen LogP contribution >= 0.6 is 0 Å². The van der Waals surface area contributed by atoms with Gasteiger partial charge in [0.15, 0.2) is 0 Å². The third-order valence-corrected chi connectivity index (χ3v) is 5.35. The van der Waals surface area contributed by atoms with Crippen LogP contribution in [0.4, 0.5) is 0 Å². The number of rotatable bonds is 3. The summed E-state index contributed by atoms with van der Waals surface area (Å²) in [6.07, 6.45) is 14.7. The fourth-order valence-electron chi connectivity index (χ4n) is 4.55. The Hall–Kier alpha value is -0.560. The van der Waals surface area contributed by atoms with Crippen LogP contribution in [0.5, 0.6) is 0 Å². The maximum Gasteiger partial charge on any atom is -0.00220 e. The first-order chi connectivity index (χ1) is 8.75. The van der Waals surface area contributed by atoms with E-state index in [0.717, 1.165) is 17.8 Å². The molecule has 0 bridgehead atoms. The molecule has 0 N–H and O–H groups in total. The number of fused-ring (bicyclic) bond motifs is 2. The standard InChI is InChI=1S/C17H27N/c1-18(2)11-10-13-7-5-8-15-12-14-6-3-4-9-16(14)17(13)15/h3-4,13,15,17H,5-12H2,1-2H3. The molecule has 3 rings (SSSR count). The van der Waals surface area contributed by atoms with E-state index in [9.17, 15) is 0 Å². The Bertz CT molecular complexity index is 364. The monoisotopic (exact) mass is 245 g/mol. The minimum atomic E-state index is 0.957. The van der Waals surface area contributed by atoms with Gasteiger partial charge in [-0.25, -0.2) is 0 Å². The summed E-state index contributed by atoms with van der Waals surface area (Å²) < 4.78 is 0. The Morgan fingerprint density at radius 2 is 2.00 bits per heavy atom. The Morgan fingerprint density at radius 1 is 1.17 bits per heavy atom. The summed E-state index contributed by atoms with van der Waals surface area (Å²) in [5.74, 6) is 2.94. The zero-order valence-corrected chi connectivity index (χ0v) is 12.0. The van der Waals surface area contributed by atoms with Crippen molar-refractivity contribution in [2.24, 2.45) is 17.8 Å². The topological polar surface area (TPSA) is 3.24 Å². The summed E-state index contributed by atoms with van der Waals surface area (Å²) >= 11 is 0. The fourth-order valence-corrected chi connectivity index (χ4v) is 4.55. The SMILES string of the molecule is CN(C)CCC1CCCC2CC3=C(CC=CC3)C12. The zero-order chi connectivity index (χ0) is 12.5. The Kier molecular flexibility index (Phi) is 3.61. The van der Waals surface area contributed by atoms with Crippen LogP contribution in [-0.2, 0) is 0 Å². The van der Waals surface area contributed by atoms with E-state index < -0.39 is 0 Å². The number of allylic oxidation sites excluding steroid dienone is 4. The van der Waals surface area contributed by atoms with Crippen LogP contribution in [0.15, 0.2) is 23.3 Å². The Balaban J connectivity index is 1.73. The second kappa shape index (κ2) is 5.21. The van der Waals surface area contributed by atoms with E-state index in [1.165, 1.54) is 51.5 Å². The molecule has 0 aliphatic heterocycles. The van der Waals surface area contributed by atoms with E-state index in [2.05, 4.69) is 31.1 Å². The summed E-state index contributed by atoms with van der Waals surface area (Å²) in [4.78, 5) is 2.36. The second-order valence-corrected chi connectivity index (χ2v) is 6.78. The van der Waals surface area contributed by atoms with Gasteiger partial charge in [-0.05, 0) is 76.9 Å². The molecule has 1 nitrogen and oxygen atoms in total. The number of hydrogen-bond donors (Lipinski definition) is 0. The van der Waals surface area contributed by atoms with Crippen LogP contribution in [0.1, 0.15) is 44.9 Å². The molecule has 0 heterocycles. The third-order valence-electron chi connectivity index (χ3n) is 5.35. The molecule has 3 atom stereocenters. The molecule has 3 unspecified atom stereocenters. The van der Waals surface area contributed by atoms with Crippen molar-refractivity contribution in [3.63, 3.8) is 0 Å². The van der Waals surface area contributed by atoms with E-state index in [1.807, 2.05) is 11.1 Å². The van der Waals surface area contributed by atoms with E-state index >= 15 is 0 Å². The van der Waals surface area contributed by atoms with Gasteiger partial charge in [-0.2, -0.15) is 0 Å². The van der Waals surface area contributed by atoms with Crippen molar-refractivity contribution >= 4 is 0 Å². The predicted molar refractivity (Wildman–Crippen MR) is 77.5 cm³/mol. The second-order valence-electron chi connectivity index (χ2n) is 6.78. The number of hydrogen-bond acceptors (Lipinski definition) is 1. The van der Waals surface area contributed by atoms with Gasteiger partial charge >= 0.3 is 0 Å². The molecule has 1 saturated carbocycles. The molecule has 0 aromatic heterocycles. The summed E-state index contributed by atoms with van der Waals surface area (Å²) in [6, 6.07) is 0. The first-order valence-corrected chi connectivity index (χ1v) is 7.76. The summed E-state index contributed by atoms with van der Waals surface area (Å²) in [7, 11) is 4.42. The zero-order valence-electron chi connectivity index (χ0n) is 12.0. The first-order valence-electron chi connectivity index (χ1n) is 7.76. The quantitative estimate of drug-likeness (QED) is 0.679. The summed E-state index contributed by atoms with van der Waals surface area (Å²) in [6.45, 7) is 1.27. The van der Waals surface area contributed by atoms with Gasteiger partial charge in [0.05, 0.1) is 0 Å². The maximum absolute atomic E-state index is 2.42. The van der Waals surface area contributed by atoms with E-state index in [0.29, 0.717) is 0 Å². The average Bonchev–Trinajstić information content (AvgIpc) is 2.75. The van der Waals surface area contributed by atoms with Gasteiger partial charge in [0.2, 0.25) is 0 Å². The van der Waals surface area contributed by atoms with Crippen LogP contribution < -0.4 is 0 Å². The minimum Gasteiger partial charge on any atom is -0.309 e. The van der Waals surface area contributed by atoms with Crippen molar-refractivity contribution in [2.45, 2.75) is 44.9 Å². The van der Waals surface area contributed by atoms with Crippen molar-refractivity contribution in [2.75, 3.05) is 20.6 Å².